The summed E-state index contributed by atoms with van der Waals surface area (Å²) < 4.78 is 27.0. The zero-order chi connectivity index (χ0) is 12.6. The van der Waals surface area contributed by atoms with Crippen molar-refractivity contribution >= 4 is 0 Å². The van der Waals surface area contributed by atoms with Crippen LogP contribution in [0.15, 0.2) is 24.3 Å². The van der Waals surface area contributed by atoms with E-state index in [2.05, 4.69) is 0 Å². The Bertz CT molecular complexity index is 357. The Hall–Kier alpha value is -1.04. The molecule has 0 saturated carbocycles. The molecule has 0 aromatic heterocycles. The molecule has 0 bridgehead atoms. The summed E-state index contributed by atoms with van der Waals surface area (Å²) in [6.45, 7) is 2.43. The molecule has 0 radical (unpaired) electrons. The smallest absolute Gasteiger partial charge is 0.318 e. The second kappa shape index (κ2) is 4.08. The van der Waals surface area contributed by atoms with Crippen molar-refractivity contribution in [3.63, 3.8) is 0 Å². The van der Waals surface area contributed by atoms with Crippen molar-refractivity contribution < 1.29 is 19.0 Å². The van der Waals surface area contributed by atoms with Crippen molar-refractivity contribution in [2.75, 3.05) is 0 Å². The van der Waals surface area contributed by atoms with Crippen LogP contribution in [0.3, 0.4) is 0 Å². The van der Waals surface area contributed by atoms with Crippen LogP contribution in [0.2, 0.25) is 0 Å². The summed E-state index contributed by atoms with van der Waals surface area (Å²) >= 11 is 0. The van der Waals surface area contributed by atoms with Crippen molar-refractivity contribution in [1.29, 1.82) is 0 Å². The molecular formula is C11H15F2NO2. The van der Waals surface area contributed by atoms with E-state index in [-0.39, 0.29) is 5.56 Å². The minimum atomic E-state index is -3.82. The standard InChI is InChI=1S/C11H15F2NO2/c1-7-3-5-8(6-4-7)9(14)11(12,13)10(2,15)16/h3-6,9,15-16H,14H2,1-2H3. The van der Waals surface area contributed by atoms with E-state index in [4.69, 9.17) is 15.9 Å². The van der Waals surface area contributed by atoms with E-state index in [0.717, 1.165) is 5.56 Å². The molecule has 3 nitrogen and oxygen atoms in total. The van der Waals surface area contributed by atoms with E-state index in [1.807, 2.05) is 6.92 Å². The molecule has 0 fully saturated rings. The first kappa shape index (κ1) is 13.0. The molecule has 1 aromatic rings. The third kappa shape index (κ3) is 2.37. The van der Waals surface area contributed by atoms with Gasteiger partial charge in [-0.15, -0.1) is 0 Å². The van der Waals surface area contributed by atoms with Crippen LogP contribution in [-0.2, 0) is 0 Å². The van der Waals surface area contributed by atoms with Gasteiger partial charge in [0.05, 0.1) is 6.04 Å². The van der Waals surface area contributed by atoms with E-state index in [9.17, 15) is 8.78 Å². The van der Waals surface area contributed by atoms with Crippen LogP contribution in [0.4, 0.5) is 8.78 Å². The first-order valence-corrected chi connectivity index (χ1v) is 4.81. The summed E-state index contributed by atoms with van der Waals surface area (Å²) in [5.74, 6) is -6.96. The Morgan fingerprint density at radius 2 is 1.62 bits per heavy atom. The predicted octanol–water partition coefficient (Wildman–Crippen LogP) is 1.33. The number of hydrogen-bond acceptors (Lipinski definition) is 3. The number of aliphatic hydroxyl groups is 2. The number of aryl methyl sites for hydroxylation is 1. The van der Waals surface area contributed by atoms with Crippen molar-refractivity contribution in [2.45, 2.75) is 31.6 Å². The highest BCUT2D eigenvalue weighted by Crippen LogP contribution is 2.37. The Morgan fingerprint density at radius 1 is 1.19 bits per heavy atom. The second-order valence-electron chi connectivity index (χ2n) is 4.03. The van der Waals surface area contributed by atoms with Gasteiger partial charge in [0.2, 0.25) is 5.79 Å². The number of rotatable bonds is 3. The van der Waals surface area contributed by atoms with Crippen LogP contribution in [0.5, 0.6) is 0 Å². The highest BCUT2D eigenvalue weighted by atomic mass is 19.3. The van der Waals surface area contributed by atoms with Crippen molar-refractivity contribution in [3.8, 4) is 0 Å². The molecule has 16 heavy (non-hydrogen) atoms. The van der Waals surface area contributed by atoms with Gasteiger partial charge in [-0.2, -0.15) is 8.78 Å². The minimum Gasteiger partial charge on any atom is -0.361 e. The zero-order valence-corrected chi connectivity index (χ0v) is 9.11. The van der Waals surface area contributed by atoms with Crippen LogP contribution in [0.1, 0.15) is 24.1 Å². The molecule has 1 aromatic carbocycles. The number of benzene rings is 1. The summed E-state index contributed by atoms with van der Waals surface area (Å²) in [6, 6.07) is 4.40. The van der Waals surface area contributed by atoms with Gasteiger partial charge in [0, 0.05) is 0 Å². The van der Waals surface area contributed by atoms with Gasteiger partial charge in [0.15, 0.2) is 0 Å². The Kier molecular flexibility index (Phi) is 3.33. The van der Waals surface area contributed by atoms with Crippen LogP contribution < -0.4 is 5.73 Å². The topological polar surface area (TPSA) is 66.5 Å². The van der Waals surface area contributed by atoms with E-state index >= 15 is 0 Å². The predicted molar refractivity (Wildman–Crippen MR) is 55.9 cm³/mol. The molecule has 0 aliphatic rings. The SMILES string of the molecule is Cc1ccc(C(N)C(F)(F)C(C)(O)O)cc1. The molecule has 5 heteroatoms. The van der Waals surface area contributed by atoms with Crippen molar-refractivity contribution in [2.24, 2.45) is 5.73 Å². The molecule has 4 N–H and O–H groups in total. The van der Waals surface area contributed by atoms with Gasteiger partial charge in [0.25, 0.3) is 0 Å². The molecule has 0 saturated heterocycles. The number of hydrogen-bond donors (Lipinski definition) is 3. The van der Waals surface area contributed by atoms with Gasteiger partial charge < -0.3 is 15.9 Å². The molecule has 1 rings (SSSR count). The Labute approximate surface area is 92.5 Å². The maximum Gasteiger partial charge on any atom is 0.318 e. The van der Waals surface area contributed by atoms with Gasteiger partial charge >= 0.3 is 5.92 Å². The summed E-state index contributed by atoms with van der Waals surface area (Å²) in [7, 11) is 0. The lowest BCUT2D eigenvalue weighted by molar-refractivity contribution is -0.292. The summed E-state index contributed by atoms with van der Waals surface area (Å²) in [6.07, 6.45) is 0. The Balaban J connectivity index is 3.02. The fourth-order valence-corrected chi connectivity index (χ4v) is 1.28. The van der Waals surface area contributed by atoms with E-state index < -0.39 is 17.8 Å². The molecule has 0 aliphatic heterocycles. The molecule has 90 valence electrons. The van der Waals surface area contributed by atoms with Gasteiger partial charge in [-0.1, -0.05) is 29.8 Å². The van der Waals surface area contributed by atoms with Crippen LogP contribution in [0.25, 0.3) is 0 Å². The van der Waals surface area contributed by atoms with Gasteiger partial charge in [-0.25, -0.2) is 0 Å². The normalized spacial score (nSPS) is 14.9. The van der Waals surface area contributed by atoms with E-state index in [0.29, 0.717) is 6.92 Å². The first-order chi connectivity index (χ1) is 7.16. The second-order valence-corrected chi connectivity index (χ2v) is 4.03. The van der Waals surface area contributed by atoms with E-state index in [1.165, 1.54) is 12.1 Å². The summed E-state index contributed by atoms with van der Waals surface area (Å²) in [4.78, 5) is 0. The quantitative estimate of drug-likeness (QED) is 0.687. The zero-order valence-electron chi connectivity index (χ0n) is 9.11. The van der Waals surface area contributed by atoms with Gasteiger partial charge in [-0.05, 0) is 19.4 Å². The van der Waals surface area contributed by atoms with Crippen molar-refractivity contribution in [3.05, 3.63) is 35.4 Å². The monoisotopic (exact) mass is 231 g/mol. The molecule has 1 unspecified atom stereocenters. The maximum absolute atomic E-state index is 13.5. The lowest BCUT2D eigenvalue weighted by atomic mass is 9.95. The first-order valence-electron chi connectivity index (χ1n) is 4.81. The molecule has 0 amide bonds. The van der Waals surface area contributed by atoms with Gasteiger partial charge in [0.1, 0.15) is 0 Å². The number of alkyl halides is 2. The average Bonchev–Trinajstić information content (AvgIpc) is 2.16. The minimum absolute atomic E-state index is 0.157. The van der Waals surface area contributed by atoms with Crippen molar-refractivity contribution in [1.82, 2.24) is 0 Å². The largest absolute Gasteiger partial charge is 0.361 e. The van der Waals surface area contributed by atoms with Crippen LogP contribution >= 0.6 is 0 Å². The molecular weight excluding hydrogens is 216 g/mol. The lowest BCUT2D eigenvalue weighted by Gasteiger charge is -2.32. The number of nitrogens with two attached hydrogens (primary N) is 1. The van der Waals surface area contributed by atoms with Crippen LogP contribution in [0, 0.1) is 6.92 Å². The van der Waals surface area contributed by atoms with Gasteiger partial charge in [-0.3, -0.25) is 0 Å². The highest BCUT2D eigenvalue weighted by Gasteiger charge is 2.53. The summed E-state index contributed by atoms with van der Waals surface area (Å²) in [5, 5.41) is 17.9. The molecule has 1 atom stereocenters. The third-order valence-corrected chi connectivity index (χ3v) is 2.46. The average molecular weight is 231 g/mol. The fraction of sp³-hybridized carbons (Fsp3) is 0.455. The summed E-state index contributed by atoms with van der Waals surface area (Å²) in [5.41, 5.74) is 6.41. The third-order valence-electron chi connectivity index (χ3n) is 2.46. The molecule has 0 heterocycles. The number of halogens is 2. The lowest BCUT2D eigenvalue weighted by Crippen LogP contribution is -2.52. The maximum atomic E-state index is 13.5. The Morgan fingerprint density at radius 3 is 2.00 bits per heavy atom. The van der Waals surface area contributed by atoms with E-state index in [1.54, 1.807) is 12.1 Å². The molecule has 0 aliphatic carbocycles. The highest BCUT2D eigenvalue weighted by molar-refractivity contribution is 5.25. The molecule has 0 spiro atoms. The fourth-order valence-electron chi connectivity index (χ4n) is 1.28. The van der Waals surface area contributed by atoms with Crippen LogP contribution in [-0.4, -0.2) is 21.9 Å².